The molecular formula is C15H20BNO4. The number of nitrogens with zero attached hydrogens (tertiary/aromatic N) is 1. The third kappa shape index (κ3) is 2.42. The van der Waals surface area contributed by atoms with Gasteiger partial charge < -0.3 is 18.8 Å². The maximum absolute atomic E-state index is 6.06. The summed E-state index contributed by atoms with van der Waals surface area (Å²) in [5.41, 5.74) is 1.99. The molecule has 1 saturated heterocycles. The first-order valence-electron chi connectivity index (χ1n) is 7.08. The highest BCUT2D eigenvalue weighted by Crippen LogP contribution is 2.36. The summed E-state index contributed by atoms with van der Waals surface area (Å²) in [6.07, 6.45) is 4.35. The molecule has 21 heavy (non-hydrogen) atoms. The topological polar surface area (TPSA) is 49.8 Å². The molecule has 6 heteroatoms. The van der Waals surface area contributed by atoms with Gasteiger partial charge in [-0.15, -0.1) is 0 Å². The average molecular weight is 289 g/mol. The summed E-state index contributed by atoms with van der Waals surface area (Å²) >= 11 is 0. The van der Waals surface area contributed by atoms with Crippen molar-refractivity contribution in [1.29, 1.82) is 0 Å². The van der Waals surface area contributed by atoms with Gasteiger partial charge in [-0.25, -0.2) is 0 Å². The number of aryl methyl sites for hydroxylation is 1. The maximum Gasteiger partial charge on any atom is 0.496 e. The predicted molar refractivity (Wildman–Crippen MR) is 78.7 cm³/mol. The van der Waals surface area contributed by atoms with Gasteiger partial charge in [0.05, 0.1) is 11.2 Å². The first-order chi connectivity index (χ1) is 9.80. The SMILES string of the molecule is Cc1cc(C2OC=CO2)ncc1B1OC(C)(C)C(C)(C)O1. The van der Waals surface area contributed by atoms with Crippen LogP contribution in [0.15, 0.2) is 24.8 Å². The summed E-state index contributed by atoms with van der Waals surface area (Å²) in [6, 6.07) is 1.94. The van der Waals surface area contributed by atoms with Crippen molar-refractivity contribution in [3.05, 3.63) is 36.0 Å². The monoisotopic (exact) mass is 289 g/mol. The number of rotatable bonds is 2. The lowest BCUT2D eigenvalue weighted by Crippen LogP contribution is -2.41. The molecule has 0 spiro atoms. The number of pyridine rings is 1. The van der Waals surface area contributed by atoms with Gasteiger partial charge in [0.15, 0.2) is 0 Å². The van der Waals surface area contributed by atoms with E-state index < -0.39 is 13.4 Å². The summed E-state index contributed by atoms with van der Waals surface area (Å²) in [7, 11) is -0.403. The van der Waals surface area contributed by atoms with E-state index in [2.05, 4.69) is 4.98 Å². The number of ether oxygens (including phenoxy) is 2. The van der Waals surface area contributed by atoms with Crippen LogP contribution in [-0.4, -0.2) is 23.3 Å². The third-order valence-corrected chi connectivity index (χ3v) is 4.38. The van der Waals surface area contributed by atoms with Gasteiger partial charge in [-0.3, -0.25) is 4.98 Å². The molecule has 3 heterocycles. The Balaban J connectivity index is 1.84. The molecule has 0 atom stereocenters. The van der Waals surface area contributed by atoms with Crippen LogP contribution < -0.4 is 5.46 Å². The van der Waals surface area contributed by atoms with Crippen molar-refractivity contribution in [2.24, 2.45) is 0 Å². The van der Waals surface area contributed by atoms with E-state index in [0.717, 1.165) is 16.7 Å². The molecule has 0 amide bonds. The van der Waals surface area contributed by atoms with Crippen LogP contribution >= 0.6 is 0 Å². The molecule has 1 aromatic rings. The summed E-state index contributed by atoms with van der Waals surface area (Å²) < 4.78 is 22.7. The molecule has 3 rings (SSSR count). The first-order valence-corrected chi connectivity index (χ1v) is 7.08. The average Bonchev–Trinajstić information content (AvgIpc) is 2.96. The van der Waals surface area contributed by atoms with E-state index in [1.165, 1.54) is 12.5 Å². The summed E-state index contributed by atoms with van der Waals surface area (Å²) in [6.45, 7) is 10.2. The van der Waals surface area contributed by atoms with E-state index in [4.69, 9.17) is 18.8 Å². The second kappa shape index (κ2) is 4.75. The Bertz CT molecular complexity index is 561. The van der Waals surface area contributed by atoms with Crippen LogP contribution in [0, 0.1) is 6.92 Å². The molecule has 1 fully saturated rings. The Labute approximate surface area is 125 Å². The summed E-state index contributed by atoms with van der Waals surface area (Å²) in [5.74, 6) is 0. The molecule has 0 bridgehead atoms. The van der Waals surface area contributed by atoms with E-state index in [0.29, 0.717) is 0 Å². The Morgan fingerprint density at radius 2 is 1.62 bits per heavy atom. The van der Waals surface area contributed by atoms with Gasteiger partial charge in [-0.2, -0.15) is 0 Å². The zero-order valence-corrected chi connectivity index (χ0v) is 13.0. The highest BCUT2D eigenvalue weighted by molar-refractivity contribution is 6.62. The molecular weight excluding hydrogens is 269 g/mol. The van der Waals surface area contributed by atoms with Gasteiger partial charge in [-0.05, 0) is 46.2 Å². The molecule has 5 nitrogen and oxygen atoms in total. The highest BCUT2D eigenvalue weighted by atomic mass is 16.7. The number of hydrogen-bond acceptors (Lipinski definition) is 5. The Morgan fingerprint density at radius 3 is 2.14 bits per heavy atom. The molecule has 2 aliphatic heterocycles. The van der Waals surface area contributed by atoms with Gasteiger partial charge in [0.2, 0.25) is 0 Å². The Kier molecular flexibility index (Phi) is 3.26. The van der Waals surface area contributed by atoms with E-state index >= 15 is 0 Å². The fourth-order valence-electron chi connectivity index (χ4n) is 2.31. The minimum Gasteiger partial charge on any atom is -0.454 e. The predicted octanol–water partition coefficient (Wildman–Crippen LogP) is 2.21. The van der Waals surface area contributed by atoms with Crippen molar-refractivity contribution < 1.29 is 18.8 Å². The van der Waals surface area contributed by atoms with E-state index in [1.807, 2.05) is 40.7 Å². The molecule has 0 aromatic carbocycles. The minimum atomic E-state index is -0.462. The Morgan fingerprint density at radius 1 is 1.05 bits per heavy atom. The number of hydrogen-bond donors (Lipinski definition) is 0. The van der Waals surface area contributed by atoms with Crippen molar-refractivity contribution in [3.63, 3.8) is 0 Å². The molecule has 1 aromatic heterocycles. The van der Waals surface area contributed by atoms with E-state index in [9.17, 15) is 0 Å². The lowest BCUT2D eigenvalue weighted by molar-refractivity contribution is -0.0279. The zero-order valence-electron chi connectivity index (χ0n) is 13.0. The van der Waals surface area contributed by atoms with Crippen LogP contribution in [0.25, 0.3) is 0 Å². The van der Waals surface area contributed by atoms with Crippen LogP contribution in [-0.2, 0) is 18.8 Å². The fraction of sp³-hybridized carbons (Fsp3) is 0.533. The first kappa shape index (κ1) is 14.4. The summed E-state index contributed by atoms with van der Waals surface area (Å²) in [4.78, 5) is 4.41. The van der Waals surface area contributed by atoms with Crippen molar-refractivity contribution in [2.75, 3.05) is 0 Å². The molecule has 0 N–H and O–H groups in total. The molecule has 0 radical (unpaired) electrons. The third-order valence-electron chi connectivity index (χ3n) is 4.38. The van der Waals surface area contributed by atoms with Gasteiger partial charge in [-0.1, -0.05) is 0 Å². The number of aromatic nitrogens is 1. The van der Waals surface area contributed by atoms with Crippen LogP contribution in [0.5, 0.6) is 0 Å². The van der Waals surface area contributed by atoms with Crippen molar-refractivity contribution in [1.82, 2.24) is 4.98 Å². The standard InChI is InChI=1S/C15H20BNO4/c1-10-8-12(13-18-6-7-19-13)17-9-11(10)16-20-14(2,3)15(4,5)21-16/h6-9,13H,1-5H3. The second-order valence-corrected chi connectivity index (χ2v) is 6.43. The largest absolute Gasteiger partial charge is 0.496 e. The highest BCUT2D eigenvalue weighted by Gasteiger charge is 2.52. The van der Waals surface area contributed by atoms with E-state index in [1.54, 1.807) is 6.20 Å². The van der Waals surface area contributed by atoms with Gasteiger partial charge in [0.25, 0.3) is 6.29 Å². The molecule has 112 valence electrons. The normalized spacial score (nSPS) is 23.2. The van der Waals surface area contributed by atoms with Crippen molar-refractivity contribution in [3.8, 4) is 0 Å². The lowest BCUT2D eigenvalue weighted by Gasteiger charge is -2.32. The van der Waals surface area contributed by atoms with Gasteiger partial charge >= 0.3 is 7.12 Å². The van der Waals surface area contributed by atoms with Gasteiger partial charge in [0.1, 0.15) is 18.2 Å². The fourth-order valence-corrected chi connectivity index (χ4v) is 2.31. The Hall–Kier alpha value is -1.53. The maximum atomic E-state index is 6.06. The van der Waals surface area contributed by atoms with Gasteiger partial charge in [0, 0.05) is 11.7 Å². The van der Waals surface area contributed by atoms with E-state index in [-0.39, 0.29) is 11.2 Å². The van der Waals surface area contributed by atoms with Crippen molar-refractivity contribution in [2.45, 2.75) is 52.1 Å². The van der Waals surface area contributed by atoms with Crippen LogP contribution in [0.2, 0.25) is 0 Å². The molecule has 0 saturated carbocycles. The van der Waals surface area contributed by atoms with Crippen LogP contribution in [0.1, 0.15) is 45.2 Å². The molecule has 0 unspecified atom stereocenters. The smallest absolute Gasteiger partial charge is 0.454 e. The molecule has 2 aliphatic rings. The summed E-state index contributed by atoms with van der Waals surface area (Å²) in [5, 5.41) is 0. The zero-order chi connectivity index (χ0) is 15.3. The molecule has 0 aliphatic carbocycles. The van der Waals surface area contributed by atoms with Crippen LogP contribution in [0.3, 0.4) is 0 Å². The van der Waals surface area contributed by atoms with Crippen LogP contribution in [0.4, 0.5) is 0 Å². The lowest BCUT2D eigenvalue weighted by atomic mass is 9.77. The van der Waals surface area contributed by atoms with Crippen molar-refractivity contribution >= 4 is 12.6 Å². The second-order valence-electron chi connectivity index (χ2n) is 6.43. The quantitative estimate of drug-likeness (QED) is 0.781. The minimum absolute atomic E-state index is 0.357.